The second kappa shape index (κ2) is 9.25. The number of rotatable bonds is 5. The van der Waals surface area contributed by atoms with Gasteiger partial charge in [-0.3, -0.25) is 9.59 Å². The highest BCUT2D eigenvalue weighted by Gasteiger charge is 2.17. The molecule has 1 N–H and O–H groups in total. The number of morpholine rings is 1. The van der Waals surface area contributed by atoms with E-state index in [0.29, 0.717) is 43.3 Å². The van der Waals surface area contributed by atoms with Gasteiger partial charge in [-0.25, -0.2) is 4.98 Å². The molecule has 1 aliphatic heterocycles. The van der Waals surface area contributed by atoms with Gasteiger partial charge in [-0.05, 0) is 36.4 Å². The zero-order valence-corrected chi connectivity index (χ0v) is 18.6. The summed E-state index contributed by atoms with van der Waals surface area (Å²) in [5, 5.41) is 2.92. The van der Waals surface area contributed by atoms with E-state index in [-0.39, 0.29) is 11.8 Å². The van der Waals surface area contributed by atoms with Crippen molar-refractivity contribution in [1.29, 1.82) is 0 Å². The van der Waals surface area contributed by atoms with E-state index in [4.69, 9.17) is 4.74 Å². The van der Waals surface area contributed by atoms with Gasteiger partial charge in [0.25, 0.3) is 5.91 Å². The van der Waals surface area contributed by atoms with Crippen LogP contribution in [0.1, 0.15) is 10.4 Å². The van der Waals surface area contributed by atoms with Crippen LogP contribution in [0.15, 0.2) is 51.3 Å². The maximum atomic E-state index is 12.4. The Kier molecular flexibility index (Phi) is 6.49. The van der Waals surface area contributed by atoms with E-state index in [2.05, 4.69) is 26.2 Å². The SMILES string of the molecule is O=C(Nc1ccc2nc(SCC(=O)N3CCOCC3)sc2c1)c1cccc(Br)c1. The van der Waals surface area contributed by atoms with Crippen LogP contribution >= 0.6 is 39.0 Å². The third kappa shape index (κ3) is 5.16. The Morgan fingerprint density at radius 2 is 2.03 bits per heavy atom. The van der Waals surface area contributed by atoms with Gasteiger partial charge in [0.1, 0.15) is 0 Å². The van der Waals surface area contributed by atoms with Crippen molar-refractivity contribution in [1.82, 2.24) is 9.88 Å². The lowest BCUT2D eigenvalue weighted by molar-refractivity contribution is -0.132. The van der Waals surface area contributed by atoms with Crippen LogP contribution in [0.3, 0.4) is 0 Å². The lowest BCUT2D eigenvalue weighted by atomic mass is 10.2. The minimum absolute atomic E-state index is 0.111. The van der Waals surface area contributed by atoms with Crippen LogP contribution in [-0.2, 0) is 9.53 Å². The van der Waals surface area contributed by atoms with Gasteiger partial charge in [-0.1, -0.05) is 33.8 Å². The molecule has 1 aromatic heterocycles. The molecule has 9 heteroatoms. The Bertz CT molecular complexity index is 1050. The number of ether oxygens (including phenoxy) is 1. The van der Waals surface area contributed by atoms with Crippen LogP contribution in [0.4, 0.5) is 5.69 Å². The summed E-state index contributed by atoms with van der Waals surface area (Å²) in [6.45, 7) is 2.51. The summed E-state index contributed by atoms with van der Waals surface area (Å²) < 4.78 is 7.95. The van der Waals surface area contributed by atoms with Crippen LogP contribution in [0, 0.1) is 0 Å². The van der Waals surface area contributed by atoms with E-state index in [1.165, 1.54) is 23.1 Å². The molecule has 150 valence electrons. The van der Waals surface area contributed by atoms with Crippen LogP contribution < -0.4 is 5.32 Å². The molecule has 1 saturated heterocycles. The smallest absolute Gasteiger partial charge is 0.255 e. The summed E-state index contributed by atoms with van der Waals surface area (Å²) in [5.74, 6) is 0.312. The van der Waals surface area contributed by atoms with Gasteiger partial charge in [0.05, 0.1) is 29.2 Å². The Labute approximate surface area is 184 Å². The molecule has 6 nitrogen and oxygen atoms in total. The number of carbonyl (C=O) groups excluding carboxylic acids is 2. The molecule has 3 aromatic rings. The number of benzene rings is 2. The Hall–Kier alpha value is -1.94. The van der Waals surface area contributed by atoms with Crippen molar-refractivity contribution in [2.45, 2.75) is 4.34 Å². The molecule has 0 radical (unpaired) electrons. The van der Waals surface area contributed by atoms with Gasteiger partial charge in [-0.2, -0.15) is 0 Å². The van der Waals surface area contributed by atoms with E-state index in [0.717, 1.165) is 19.0 Å². The Balaban J connectivity index is 1.40. The molecule has 2 amide bonds. The Morgan fingerprint density at radius 3 is 2.83 bits per heavy atom. The van der Waals surface area contributed by atoms with E-state index >= 15 is 0 Å². The summed E-state index contributed by atoms with van der Waals surface area (Å²) in [5.41, 5.74) is 2.16. The van der Waals surface area contributed by atoms with Gasteiger partial charge in [0.2, 0.25) is 5.91 Å². The normalized spacial score (nSPS) is 14.2. The van der Waals surface area contributed by atoms with Crippen LogP contribution in [0.25, 0.3) is 10.2 Å². The fourth-order valence-electron chi connectivity index (χ4n) is 2.90. The minimum Gasteiger partial charge on any atom is -0.378 e. The largest absolute Gasteiger partial charge is 0.378 e. The van der Waals surface area contributed by atoms with Crippen LogP contribution in [0.5, 0.6) is 0 Å². The fraction of sp³-hybridized carbons (Fsp3) is 0.250. The number of aromatic nitrogens is 1. The maximum Gasteiger partial charge on any atom is 0.255 e. The van der Waals surface area contributed by atoms with E-state index < -0.39 is 0 Å². The average Bonchev–Trinajstić information content (AvgIpc) is 3.15. The molecule has 0 bridgehead atoms. The highest BCUT2D eigenvalue weighted by Crippen LogP contribution is 2.31. The molecule has 1 fully saturated rings. The summed E-state index contributed by atoms with van der Waals surface area (Å²) in [6, 6.07) is 12.9. The average molecular weight is 492 g/mol. The zero-order valence-electron chi connectivity index (χ0n) is 15.4. The number of amides is 2. The summed E-state index contributed by atoms with van der Waals surface area (Å²) in [6.07, 6.45) is 0. The number of halogens is 1. The number of anilines is 1. The zero-order chi connectivity index (χ0) is 20.2. The first-order valence-corrected chi connectivity index (χ1v) is 11.6. The van der Waals surface area contributed by atoms with Crippen molar-refractivity contribution in [3.05, 3.63) is 52.5 Å². The highest BCUT2D eigenvalue weighted by atomic mass is 79.9. The maximum absolute atomic E-state index is 12.4. The first-order chi connectivity index (χ1) is 14.1. The van der Waals surface area contributed by atoms with Gasteiger partial charge >= 0.3 is 0 Å². The van der Waals surface area contributed by atoms with Crippen LogP contribution in [-0.4, -0.2) is 53.8 Å². The van der Waals surface area contributed by atoms with Gasteiger partial charge in [0.15, 0.2) is 4.34 Å². The second-order valence-electron chi connectivity index (χ2n) is 6.41. The third-order valence-electron chi connectivity index (χ3n) is 4.40. The van der Waals surface area contributed by atoms with Crippen molar-refractivity contribution in [2.24, 2.45) is 0 Å². The molecule has 4 rings (SSSR count). The van der Waals surface area contributed by atoms with E-state index in [9.17, 15) is 9.59 Å². The second-order valence-corrected chi connectivity index (χ2v) is 9.58. The molecule has 0 atom stereocenters. The lowest BCUT2D eigenvalue weighted by Gasteiger charge is -2.26. The topological polar surface area (TPSA) is 71.5 Å². The lowest BCUT2D eigenvalue weighted by Crippen LogP contribution is -2.41. The molecule has 2 aromatic carbocycles. The standard InChI is InChI=1S/C20H18BrN3O3S2/c21-14-3-1-2-13(10-14)19(26)22-15-4-5-16-17(11-15)29-20(23-16)28-12-18(25)24-6-8-27-9-7-24/h1-5,10-11H,6-9,12H2,(H,22,26). The van der Waals surface area contributed by atoms with Crippen molar-refractivity contribution < 1.29 is 14.3 Å². The van der Waals surface area contributed by atoms with Crippen LogP contribution in [0.2, 0.25) is 0 Å². The molecule has 0 spiro atoms. The number of fused-ring (bicyclic) bond motifs is 1. The van der Waals surface area contributed by atoms with Crippen molar-refractivity contribution >= 4 is 66.7 Å². The van der Waals surface area contributed by atoms with Gasteiger partial charge in [0, 0.05) is 28.8 Å². The predicted molar refractivity (Wildman–Crippen MR) is 120 cm³/mol. The molecule has 0 unspecified atom stereocenters. The number of thiazole rings is 1. The summed E-state index contributed by atoms with van der Waals surface area (Å²) in [4.78, 5) is 31.2. The van der Waals surface area contributed by atoms with E-state index in [1.807, 2.05) is 35.2 Å². The molecule has 0 saturated carbocycles. The quantitative estimate of drug-likeness (QED) is 0.539. The van der Waals surface area contributed by atoms with Crippen molar-refractivity contribution in [2.75, 3.05) is 37.4 Å². The minimum atomic E-state index is -0.166. The van der Waals surface area contributed by atoms with Gasteiger partial charge < -0.3 is 15.0 Å². The molecular formula is C20H18BrN3O3S2. The number of nitrogens with one attached hydrogen (secondary N) is 1. The number of thioether (sulfide) groups is 1. The third-order valence-corrected chi connectivity index (χ3v) is 7.04. The fourth-order valence-corrected chi connectivity index (χ4v) is 5.31. The number of nitrogens with zero attached hydrogens (tertiary/aromatic N) is 2. The van der Waals surface area contributed by atoms with E-state index in [1.54, 1.807) is 12.1 Å². The number of carbonyl (C=O) groups is 2. The van der Waals surface area contributed by atoms with Gasteiger partial charge in [-0.15, -0.1) is 11.3 Å². The first kappa shape index (κ1) is 20.3. The monoisotopic (exact) mass is 491 g/mol. The Morgan fingerprint density at radius 1 is 1.21 bits per heavy atom. The van der Waals surface area contributed by atoms with Crippen molar-refractivity contribution in [3.8, 4) is 0 Å². The predicted octanol–water partition coefficient (Wildman–Crippen LogP) is 4.26. The molecule has 0 aliphatic carbocycles. The molecule has 2 heterocycles. The molecular weight excluding hydrogens is 474 g/mol. The summed E-state index contributed by atoms with van der Waals surface area (Å²) in [7, 11) is 0. The molecule has 29 heavy (non-hydrogen) atoms. The summed E-state index contributed by atoms with van der Waals surface area (Å²) >= 11 is 6.35. The highest BCUT2D eigenvalue weighted by molar-refractivity contribution is 9.10. The first-order valence-electron chi connectivity index (χ1n) is 9.04. The number of hydrogen-bond acceptors (Lipinski definition) is 6. The number of hydrogen-bond donors (Lipinski definition) is 1. The van der Waals surface area contributed by atoms with Crippen molar-refractivity contribution in [3.63, 3.8) is 0 Å². The molecule has 1 aliphatic rings.